The van der Waals surface area contributed by atoms with Crippen LogP contribution in [0.5, 0.6) is 0 Å². The van der Waals surface area contributed by atoms with Crippen molar-refractivity contribution in [2.24, 2.45) is 0 Å². The molecular formula is C14H18BIS. The molecule has 1 aromatic rings. The summed E-state index contributed by atoms with van der Waals surface area (Å²) in [7, 11) is 2.04. The van der Waals surface area contributed by atoms with Gasteiger partial charge >= 0.3 is 0 Å². The molecular weight excluding hydrogens is 338 g/mol. The second-order valence-corrected chi connectivity index (χ2v) is 6.82. The first-order valence-corrected chi connectivity index (χ1v) is 7.59. The van der Waals surface area contributed by atoms with E-state index in [-0.39, 0.29) is 0 Å². The third kappa shape index (κ3) is 4.92. The number of allylic oxidation sites excluding steroid dienone is 1. The van der Waals surface area contributed by atoms with Gasteiger partial charge in [0, 0.05) is 3.57 Å². The molecule has 0 fully saturated rings. The summed E-state index contributed by atoms with van der Waals surface area (Å²) in [4.78, 5) is 1.14. The first kappa shape index (κ1) is 14.9. The number of hydrogen-bond acceptors (Lipinski definition) is 1. The van der Waals surface area contributed by atoms with Crippen molar-refractivity contribution in [3.63, 3.8) is 0 Å². The largest absolute Gasteiger partial charge is 0.147 e. The van der Waals surface area contributed by atoms with Crippen LogP contribution in [0.1, 0.15) is 23.6 Å². The van der Waals surface area contributed by atoms with Crippen molar-refractivity contribution in [2.45, 2.75) is 27.2 Å². The van der Waals surface area contributed by atoms with E-state index in [2.05, 4.69) is 67.5 Å². The van der Waals surface area contributed by atoms with E-state index in [4.69, 9.17) is 0 Å². The van der Waals surface area contributed by atoms with Gasteiger partial charge in [0.15, 0.2) is 0 Å². The Morgan fingerprint density at radius 3 is 2.65 bits per heavy atom. The molecule has 0 atom stereocenters. The SMILES string of the molecule is BC(=C)S/C=C(\C)Cc1cc(C)c(I)cc1C. The zero-order chi connectivity index (χ0) is 13.0. The van der Waals surface area contributed by atoms with Crippen molar-refractivity contribution in [3.8, 4) is 0 Å². The standard InChI is InChI=1S/C14H18BIS/c1-9(8-17-12(4)15)5-13-6-11(3)14(16)7-10(13)2/h6-8H,4-5,15H2,1-3H3/b9-8+. The minimum absolute atomic E-state index is 1.03. The Labute approximate surface area is 124 Å². The van der Waals surface area contributed by atoms with Crippen LogP contribution in [0.3, 0.4) is 0 Å². The lowest BCUT2D eigenvalue weighted by atomic mass is 10.00. The van der Waals surface area contributed by atoms with Gasteiger partial charge in [-0.05, 0) is 77.9 Å². The Kier molecular flexibility index (Phi) is 5.87. The maximum atomic E-state index is 3.89. The van der Waals surface area contributed by atoms with E-state index in [1.165, 1.54) is 25.8 Å². The van der Waals surface area contributed by atoms with E-state index in [0.29, 0.717) is 0 Å². The lowest BCUT2D eigenvalue weighted by molar-refractivity contribution is 1.11. The van der Waals surface area contributed by atoms with Gasteiger partial charge < -0.3 is 0 Å². The van der Waals surface area contributed by atoms with E-state index in [0.717, 1.165) is 11.2 Å². The smallest absolute Gasteiger partial charge is 0.114 e. The van der Waals surface area contributed by atoms with Gasteiger partial charge in [-0.15, -0.1) is 11.8 Å². The number of aryl methyl sites for hydroxylation is 2. The molecule has 0 saturated heterocycles. The first-order valence-electron chi connectivity index (χ1n) is 5.63. The lowest BCUT2D eigenvalue weighted by Gasteiger charge is -2.09. The average molecular weight is 356 g/mol. The molecule has 0 aliphatic carbocycles. The Balaban J connectivity index is 2.85. The molecule has 0 N–H and O–H groups in total. The van der Waals surface area contributed by atoms with E-state index in [1.807, 2.05) is 7.85 Å². The predicted molar refractivity (Wildman–Crippen MR) is 91.4 cm³/mol. The monoisotopic (exact) mass is 356 g/mol. The van der Waals surface area contributed by atoms with Gasteiger partial charge in [0.25, 0.3) is 0 Å². The normalized spacial score (nSPS) is 11.6. The predicted octanol–water partition coefficient (Wildman–Crippen LogP) is 4.19. The second kappa shape index (κ2) is 6.69. The topological polar surface area (TPSA) is 0 Å². The molecule has 0 bridgehead atoms. The first-order chi connectivity index (χ1) is 7.90. The van der Waals surface area contributed by atoms with E-state index < -0.39 is 0 Å². The van der Waals surface area contributed by atoms with Crippen molar-refractivity contribution in [2.75, 3.05) is 0 Å². The zero-order valence-corrected chi connectivity index (χ0v) is 13.9. The highest BCUT2D eigenvalue weighted by atomic mass is 127. The summed E-state index contributed by atoms with van der Waals surface area (Å²) in [6, 6.07) is 4.57. The minimum atomic E-state index is 1.03. The highest BCUT2D eigenvalue weighted by Crippen LogP contribution is 2.22. The summed E-state index contributed by atoms with van der Waals surface area (Å²) in [5, 5.41) is 2.20. The summed E-state index contributed by atoms with van der Waals surface area (Å²) >= 11 is 4.11. The molecule has 0 aliphatic heterocycles. The van der Waals surface area contributed by atoms with Gasteiger partial charge in [-0.2, -0.15) is 0 Å². The molecule has 90 valence electrons. The van der Waals surface area contributed by atoms with Crippen molar-refractivity contribution in [1.82, 2.24) is 0 Å². The maximum absolute atomic E-state index is 3.89. The molecule has 17 heavy (non-hydrogen) atoms. The summed E-state index contributed by atoms with van der Waals surface area (Å²) < 4.78 is 1.35. The number of benzene rings is 1. The summed E-state index contributed by atoms with van der Waals surface area (Å²) in [5.74, 6) is 0. The van der Waals surface area contributed by atoms with Crippen molar-refractivity contribution >= 4 is 42.2 Å². The van der Waals surface area contributed by atoms with Crippen molar-refractivity contribution < 1.29 is 0 Å². The summed E-state index contributed by atoms with van der Waals surface area (Å²) in [6.07, 6.45) is 1.03. The van der Waals surface area contributed by atoms with Crippen LogP contribution < -0.4 is 0 Å². The molecule has 0 amide bonds. The van der Waals surface area contributed by atoms with Crippen LogP contribution in [0.2, 0.25) is 0 Å². The van der Waals surface area contributed by atoms with Gasteiger partial charge in [0.2, 0.25) is 0 Å². The van der Waals surface area contributed by atoms with Gasteiger partial charge in [-0.1, -0.05) is 23.0 Å². The highest BCUT2D eigenvalue weighted by molar-refractivity contribution is 14.1. The Bertz CT molecular complexity index is 464. The summed E-state index contributed by atoms with van der Waals surface area (Å²) in [5.41, 5.74) is 5.57. The van der Waals surface area contributed by atoms with Gasteiger partial charge in [0.1, 0.15) is 7.85 Å². The molecule has 3 heteroatoms. The molecule has 0 heterocycles. The molecule has 0 aromatic heterocycles. The third-order valence-corrected chi connectivity index (χ3v) is 4.63. The lowest BCUT2D eigenvalue weighted by Crippen LogP contribution is -1.94. The van der Waals surface area contributed by atoms with Gasteiger partial charge in [-0.25, -0.2) is 0 Å². The Hall–Kier alpha value is -0.155. The fraction of sp³-hybridized carbons (Fsp3) is 0.286. The Morgan fingerprint density at radius 1 is 1.41 bits per heavy atom. The molecule has 1 rings (SSSR count). The van der Waals surface area contributed by atoms with Crippen LogP contribution >= 0.6 is 34.4 Å². The molecule has 0 spiro atoms. The van der Waals surface area contributed by atoms with E-state index in [1.54, 1.807) is 11.8 Å². The van der Waals surface area contributed by atoms with Crippen LogP contribution in [0, 0.1) is 17.4 Å². The number of thioether (sulfide) groups is 1. The Morgan fingerprint density at radius 2 is 2.06 bits per heavy atom. The zero-order valence-electron chi connectivity index (χ0n) is 10.9. The van der Waals surface area contributed by atoms with Gasteiger partial charge in [0.05, 0.1) is 0 Å². The fourth-order valence-corrected chi connectivity index (χ4v) is 2.68. The average Bonchev–Trinajstić information content (AvgIpc) is 2.23. The molecule has 0 saturated carbocycles. The van der Waals surface area contributed by atoms with Crippen LogP contribution in [0.25, 0.3) is 0 Å². The van der Waals surface area contributed by atoms with Crippen LogP contribution in [0.4, 0.5) is 0 Å². The quantitative estimate of drug-likeness (QED) is 0.576. The number of halogens is 1. The fourth-order valence-electron chi connectivity index (χ4n) is 1.57. The minimum Gasteiger partial charge on any atom is -0.114 e. The van der Waals surface area contributed by atoms with E-state index in [9.17, 15) is 0 Å². The molecule has 0 unspecified atom stereocenters. The number of rotatable bonds is 4. The van der Waals surface area contributed by atoms with Crippen LogP contribution in [0.15, 0.2) is 34.5 Å². The van der Waals surface area contributed by atoms with Crippen LogP contribution in [-0.2, 0) is 6.42 Å². The summed E-state index contributed by atoms with van der Waals surface area (Å²) in [6.45, 7) is 10.4. The van der Waals surface area contributed by atoms with E-state index >= 15 is 0 Å². The van der Waals surface area contributed by atoms with Crippen molar-refractivity contribution in [1.29, 1.82) is 0 Å². The number of hydrogen-bond donors (Lipinski definition) is 0. The second-order valence-electron chi connectivity index (χ2n) is 4.49. The van der Waals surface area contributed by atoms with Crippen LogP contribution in [-0.4, -0.2) is 7.85 Å². The maximum Gasteiger partial charge on any atom is 0.147 e. The molecule has 0 nitrogen and oxygen atoms in total. The molecule has 1 aromatic carbocycles. The van der Waals surface area contributed by atoms with Crippen molar-refractivity contribution in [3.05, 3.63) is 54.8 Å². The molecule has 0 radical (unpaired) electrons. The highest BCUT2D eigenvalue weighted by Gasteiger charge is 2.03. The van der Waals surface area contributed by atoms with Gasteiger partial charge in [-0.3, -0.25) is 0 Å². The third-order valence-electron chi connectivity index (χ3n) is 2.55. The molecule has 0 aliphatic rings.